The van der Waals surface area contributed by atoms with Gasteiger partial charge < -0.3 is 16.2 Å². The SMILES string of the molecule is C[C@H](CO)NC(=O)c1ccccc1-c1ccc(-c2cnc(N)cn2)c(F)c1. The van der Waals surface area contributed by atoms with E-state index in [0.29, 0.717) is 27.9 Å². The number of hydrogen-bond acceptors (Lipinski definition) is 5. The molecule has 27 heavy (non-hydrogen) atoms. The third-order valence-corrected chi connectivity index (χ3v) is 4.05. The predicted octanol–water partition coefficient (Wildman–Crippen LogP) is 2.64. The average molecular weight is 366 g/mol. The number of aliphatic hydroxyl groups is 1. The standard InChI is InChI=1S/C20H19FN4O2/c1-12(11-26)25-20(27)15-5-3-2-4-14(15)13-6-7-16(17(21)8-13)18-9-24-19(22)10-23-18/h2-10,12,26H,11H2,1H3,(H2,22,24)(H,25,27)/t12-/m1/s1. The molecule has 0 aliphatic rings. The van der Waals surface area contributed by atoms with Crippen LogP contribution < -0.4 is 11.1 Å². The Balaban J connectivity index is 1.97. The maximum absolute atomic E-state index is 14.7. The molecule has 7 heteroatoms. The van der Waals surface area contributed by atoms with Crippen molar-refractivity contribution >= 4 is 11.7 Å². The summed E-state index contributed by atoms with van der Waals surface area (Å²) in [6, 6.07) is 11.2. The minimum atomic E-state index is -0.481. The number of anilines is 1. The van der Waals surface area contributed by atoms with Gasteiger partial charge in [0.1, 0.15) is 11.6 Å². The van der Waals surface area contributed by atoms with Crippen LogP contribution in [0.5, 0.6) is 0 Å². The molecule has 0 aliphatic carbocycles. The summed E-state index contributed by atoms with van der Waals surface area (Å²) in [5, 5.41) is 11.8. The van der Waals surface area contributed by atoms with Crippen molar-refractivity contribution in [3.63, 3.8) is 0 Å². The number of nitrogens with one attached hydrogen (secondary N) is 1. The van der Waals surface area contributed by atoms with E-state index in [4.69, 9.17) is 10.8 Å². The lowest BCUT2D eigenvalue weighted by Gasteiger charge is -2.14. The van der Waals surface area contributed by atoms with Crippen molar-refractivity contribution in [2.24, 2.45) is 0 Å². The maximum Gasteiger partial charge on any atom is 0.252 e. The number of carbonyl (C=O) groups excluding carboxylic acids is 1. The number of nitrogens with zero attached hydrogens (tertiary/aromatic N) is 2. The first kappa shape index (κ1) is 18.5. The highest BCUT2D eigenvalue weighted by atomic mass is 19.1. The molecule has 4 N–H and O–H groups in total. The number of carbonyl (C=O) groups is 1. The zero-order chi connectivity index (χ0) is 19.4. The van der Waals surface area contributed by atoms with E-state index in [-0.39, 0.29) is 24.4 Å². The summed E-state index contributed by atoms with van der Waals surface area (Å²) in [5.74, 6) is -0.556. The van der Waals surface area contributed by atoms with E-state index in [1.165, 1.54) is 18.5 Å². The number of benzene rings is 2. The van der Waals surface area contributed by atoms with Gasteiger partial charge in [0.15, 0.2) is 0 Å². The molecule has 0 spiro atoms. The molecule has 0 radical (unpaired) electrons. The van der Waals surface area contributed by atoms with Crippen LogP contribution in [0.4, 0.5) is 10.2 Å². The first-order valence-corrected chi connectivity index (χ1v) is 8.38. The van der Waals surface area contributed by atoms with Gasteiger partial charge in [-0.2, -0.15) is 0 Å². The number of nitrogens with two attached hydrogens (primary N) is 1. The zero-order valence-corrected chi connectivity index (χ0v) is 14.7. The summed E-state index contributed by atoms with van der Waals surface area (Å²) in [4.78, 5) is 20.5. The molecule has 0 saturated heterocycles. The number of aromatic nitrogens is 2. The monoisotopic (exact) mass is 366 g/mol. The Labute approximate surface area is 155 Å². The highest BCUT2D eigenvalue weighted by Gasteiger charge is 2.16. The predicted molar refractivity (Wildman–Crippen MR) is 101 cm³/mol. The second-order valence-corrected chi connectivity index (χ2v) is 6.12. The van der Waals surface area contributed by atoms with Crippen LogP contribution in [0, 0.1) is 5.82 Å². The van der Waals surface area contributed by atoms with Gasteiger partial charge in [0.25, 0.3) is 5.91 Å². The van der Waals surface area contributed by atoms with Crippen LogP contribution in [0.1, 0.15) is 17.3 Å². The number of nitrogen functional groups attached to an aromatic ring is 1. The summed E-state index contributed by atoms with van der Waals surface area (Å²) in [6.45, 7) is 1.53. The number of hydrogen-bond donors (Lipinski definition) is 3. The van der Waals surface area contributed by atoms with Crippen molar-refractivity contribution in [1.82, 2.24) is 15.3 Å². The third-order valence-electron chi connectivity index (χ3n) is 4.05. The molecular formula is C20H19FN4O2. The molecule has 0 fully saturated rings. The number of rotatable bonds is 5. The molecule has 1 aromatic heterocycles. The fourth-order valence-corrected chi connectivity index (χ4v) is 2.65. The largest absolute Gasteiger partial charge is 0.394 e. The van der Waals surface area contributed by atoms with Gasteiger partial charge in [-0.15, -0.1) is 0 Å². The molecule has 0 bridgehead atoms. The van der Waals surface area contributed by atoms with E-state index >= 15 is 0 Å². The van der Waals surface area contributed by atoms with Gasteiger partial charge in [-0.25, -0.2) is 9.37 Å². The Morgan fingerprint density at radius 2 is 1.96 bits per heavy atom. The topological polar surface area (TPSA) is 101 Å². The molecule has 2 aromatic carbocycles. The normalized spacial score (nSPS) is 11.8. The highest BCUT2D eigenvalue weighted by molar-refractivity contribution is 6.01. The fourth-order valence-electron chi connectivity index (χ4n) is 2.65. The molecule has 6 nitrogen and oxygen atoms in total. The lowest BCUT2D eigenvalue weighted by Crippen LogP contribution is -2.35. The van der Waals surface area contributed by atoms with Crippen molar-refractivity contribution < 1.29 is 14.3 Å². The lowest BCUT2D eigenvalue weighted by molar-refractivity contribution is 0.0923. The van der Waals surface area contributed by atoms with Gasteiger partial charge in [0, 0.05) is 17.2 Å². The Bertz CT molecular complexity index is 960. The quantitative estimate of drug-likeness (QED) is 0.644. The van der Waals surface area contributed by atoms with E-state index in [2.05, 4.69) is 15.3 Å². The van der Waals surface area contributed by atoms with Gasteiger partial charge in [0.2, 0.25) is 0 Å². The summed E-state index contributed by atoms with van der Waals surface area (Å²) in [6.07, 6.45) is 2.77. The maximum atomic E-state index is 14.7. The van der Waals surface area contributed by atoms with Crippen LogP contribution in [0.2, 0.25) is 0 Å². The molecule has 0 aliphatic heterocycles. The molecular weight excluding hydrogens is 347 g/mol. The molecule has 138 valence electrons. The zero-order valence-electron chi connectivity index (χ0n) is 14.7. The summed E-state index contributed by atoms with van der Waals surface area (Å²) in [5.41, 5.74) is 7.73. The van der Waals surface area contributed by atoms with Crippen LogP contribution in [0.15, 0.2) is 54.9 Å². The smallest absolute Gasteiger partial charge is 0.252 e. The van der Waals surface area contributed by atoms with Gasteiger partial charge in [-0.3, -0.25) is 9.78 Å². The van der Waals surface area contributed by atoms with Crippen LogP contribution in [0.25, 0.3) is 22.4 Å². The van der Waals surface area contributed by atoms with Gasteiger partial charge in [0.05, 0.1) is 24.7 Å². The third kappa shape index (κ3) is 4.09. The minimum Gasteiger partial charge on any atom is -0.394 e. The Morgan fingerprint density at radius 1 is 1.19 bits per heavy atom. The van der Waals surface area contributed by atoms with E-state index in [0.717, 1.165) is 0 Å². The summed E-state index contributed by atoms with van der Waals surface area (Å²) < 4.78 is 14.7. The van der Waals surface area contributed by atoms with Crippen LogP contribution in [-0.4, -0.2) is 33.6 Å². The van der Waals surface area contributed by atoms with E-state index in [1.54, 1.807) is 43.3 Å². The molecule has 0 saturated carbocycles. The second kappa shape index (κ2) is 7.92. The minimum absolute atomic E-state index is 0.167. The number of aliphatic hydroxyl groups excluding tert-OH is 1. The van der Waals surface area contributed by atoms with Crippen LogP contribution >= 0.6 is 0 Å². The molecule has 3 rings (SSSR count). The van der Waals surface area contributed by atoms with Crippen molar-refractivity contribution in [2.45, 2.75) is 13.0 Å². The van der Waals surface area contributed by atoms with Gasteiger partial charge in [-0.05, 0) is 36.2 Å². The van der Waals surface area contributed by atoms with Crippen molar-refractivity contribution in [1.29, 1.82) is 0 Å². The first-order valence-electron chi connectivity index (χ1n) is 8.38. The number of amides is 1. The molecule has 1 atom stereocenters. The van der Waals surface area contributed by atoms with Gasteiger partial charge >= 0.3 is 0 Å². The van der Waals surface area contributed by atoms with E-state index in [1.807, 2.05) is 0 Å². The second-order valence-electron chi connectivity index (χ2n) is 6.12. The summed E-state index contributed by atoms with van der Waals surface area (Å²) >= 11 is 0. The summed E-state index contributed by atoms with van der Waals surface area (Å²) in [7, 11) is 0. The molecule has 3 aromatic rings. The van der Waals surface area contributed by atoms with Crippen molar-refractivity contribution in [3.8, 4) is 22.4 Å². The Hall–Kier alpha value is -3.32. The Kier molecular flexibility index (Phi) is 5.42. The van der Waals surface area contributed by atoms with Crippen molar-refractivity contribution in [3.05, 3.63) is 66.2 Å². The van der Waals surface area contributed by atoms with Crippen LogP contribution in [-0.2, 0) is 0 Å². The average Bonchev–Trinajstić information content (AvgIpc) is 2.68. The highest BCUT2D eigenvalue weighted by Crippen LogP contribution is 2.29. The van der Waals surface area contributed by atoms with Gasteiger partial charge in [-0.1, -0.05) is 24.3 Å². The Morgan fingerprint density at radius 3 is 2.63 bits per heavy atom. The van der Waals surface area contributed by atoms with E-state index < -0.39 is 5.82 Å². The molecule has 0 unspecified atom stereocenters. The van der Waals surface area contributed by atoms with Crippen molar-refractivity contribution in [2.75, 3.05) is 12.3 Å². The first-order chi connectivity index (χ1) is 13.0. The van der Waals surface area contributed by atoms with Crippen LogP contribution in [0.3, 0.4) is 0 Å². The molecule has 1 amide bonds. The van der Waals surface area contributed by atoms with E-state index in [9.17, 15) is 9.18 Å². The number of halogens is 1. The molecule has 1 heterocycles. The lowest BCUT2D eigenvalue weighted by atomic mass is 9.97. The fraction of sp³-hybridized carbons (Fsp3) is 0.150.